The molecule has 0 aliphatic carbocycles. The molecular weight excluding hydrogens is 320 g/mol. The van der Waals surface area contributed by atoms with E-state index < -0.39 is 0 Å². The van der Waals surface area contributed by atoms with Crippen LogP contribution in [-0.2, 0) is 37.4 Å². The summed E-state index contributed by atoms with van der Waals surface area (Å²) in [4.78, 5) is 0. The number of rotatable bonds is 7. The van der Waals surface area contributed by atoms with Crippen LogP contribution in [0.4, 0.5) is 0 Å². The van der Waals surface area contributed by atoms with Gasteiger partial charge in [-0.1, -0.05) is 46.0 Å². The Morgan fingerprint density at radius 2 is 2.10 bits per heavy atom. The Kier molecular flexibility index (Phi) is 10.6. The fourth-order valence-electron chi connectivity index (χ4n) is 3.00. The summed E-state index contributed by atoms with van der Waals surface area (Å²) in [5.41, 5.74) is 0. The van der Waals surface area contributed by atoms with Gasteiger partial charge in [-0.3, -0.25) is 0 Å². The summed E-state index contributed by atoms with van der Waals surface area (Å²) in [6.07, 6.45) is 8.18. The molecule has 1 rings (SSSR count). The molecule has 3 unspecified atom stereocenters. The second kappa shape index (κ2) is 10.0. The second-order valence-corrected chi connectivity index (χ2v) is 7.20. The van der Waals surface area contributed by atoms with Gasteiger partial charge in [0.15, 0.2) is 0 Å². The van der Waals surface area contributed by atoms with E-state index in [-0.39, 0.29) is 38.0 Å². The van der Waals surface area contributed by atoms with Gasteiger partial charge in [0.25, 0.3) is 0 Å². The molecule has 0 aromatic carbocycles. The zero-order valence-electron chi connectivity index (χ0n) is 14.2. The molecule has 0 saturated carbocycles. The number of hydrogen-bond donors (Lipinski definition) is 0. The number of ether oxygens (including phenoxy) is 1. The van der Waals surface area contributed by atoms with E-state index in [1.54, 1.807) is 0 Å². The van der Waals surface area contributed by atoms with Crippen LogP contribution < -0.4 is 0 Å². The zero-order chi connectivity index (χ0) is 14.5. The van der Waals surface area contributed by atoms with E-state index in [1.807, 2.05) is 0 Å². The van der Waals surface area contributed by atoms with Gasteiger partial charge in [-0.05, 0) is 12.3 Å². The normalized spacial score (nSPS) is 25.0. The summed E-state index contributed by atoms with van der Waals surface area (Å²) in [6, 6.07) is 0. The van der Waals surface area contributed by atoms with Crippen LogP contribution >= 0.6 is 0 Å². The van der Waals surface area contributed by atoms with Gasteiger partial charge in [0, 0.05) is 47.2 Å². The predicted octanol–water partition coefficient (Wildman–Crippen LogP) is 5.12. The molecule has 0 N–H and O–H groups in total. The summed E-state index contributed by atoms with van der Waals surface area (Å²) in [7, 11) is 6.52. The third-order valence-corrected chi connectivity index (χ3v) is 4.20. The fourth-order valence-corrected chi connectivity index (χ4v) is 3.00. The topological polar surface area (TPSA) is 9.23 Å². The molecule has 0 aromatic heterocycles. The third-order valence-electron chi connectivity index (χ3n) is 4.20. The van der Waals surface area contributed by atoms with Gasteiger partial charge in [-0.25, -0.2) is 0 Å². The predicted molar refractivity (Wildman–Crippen MR) is 83.9 cm³/mol. The van der Waals surface area contributed by atoms with Crippen LogP contribution in [0.25, 0.3) is 0 Å². The first-order valence-electron chi connectivity index (χ1n) is 7.88. The van der Waals surface area contributed by atoms with Crippen molar-refractivity contribution in [2.75, 3.05) is 6.61 Å². The van der Waals surface area contributed by atoms with E-state index in [4.69, 9.17) is 12.6 Å². The monoisotopic (exact) mass is 351 g/mol. The van der Waals surface area contributed by atoms with Gasteiger partial charge in [-0.15, -0.1) is 0 Å². The van der Waals surface area contributed by atoms with Crippen LogP contribution in [0, 0.1) is 23.9 Å². The molecule has 0 amide bonds. The van der Waals surface area contributed by atoms with E-state index in [1.165, 1.54) is 31.6 Å². The average Bonchev–Trinajstić information content (AvgIpc) is 2.27. The Balaban J connectivity index is 0.00000361. The molecule has 1 nitrogen and oxygen atoms in total. The van der Waals surface area contributed by atoms with E-state index in [0.717, 1.165) is 31.5 Å². The van der Waals surface area contributed by atoms with Gasteiger partial charge in [0.1, 0.15) is 0 Å². The summed E-state index contributed by atoms with van der Waals surface area (Å²) < 4.78 is 5.84. The first-order valence-corrected chi connectivity index (χ1v) is 7.88. The Hall–Kier alpha value is 1.13. The van der Waals surface area contributed by atoms with Gasteiger partial charge < -0.3 is 10.7 Å². The first kappa shape index (κ1) is 21.1. The Labute approximate surface area is 153 Å². The maximum absolute atomic E-state index is 6.52. The molecule has 1 heterocycles. The van der Waals surface area contributed by atoms with Crippen LogP contribution in [0.15, 0.2) is 0 Å². The van der Waals surface area contributed by atoms with Crippen LogP contribution in [0.1, 0.15) is 73.1 Å². The standard InChI is InChI=1S/C17H31BO.Y/c1-13(2)7-6-8-15(4)12-17(5,18)16-11-14(3)9-10-19-16;/h14-15H,6-12H2,1-5H3;/q-2;. The Morgan fingerprint density at radius 3 is 2.65 bits per heavy atom. The van der Waals surface area contributed by atoms with Crippen molar-refractivity contribution >= 4 is 7.85 Å². The van der Waals surface area contributed by atoms with Crippen LogP contribution in [0.2, 0.25) is 5.31 Å². The van der Waals surface area contributed by atoms with Gasteiger partial charge in [-0.2, -0.15) is 38.1 Å². The third kappa shape index (κ3) is 7.95. The van der Waals surface area contributed by atoms with E-state index in [0.29, 0.717) is 5.92 Å². The number of hydrogen-bond acceptors (Lipinski definition) is 1. The molecule has 113 valence electrons. The smallest absolute Gasteiger partial charge is 0.0370 e. The minimum Gasteiger partial charge on any atom is -0.549 e. The van der Waals surface area contributed by atoms with E-state index >= 15 is 0 Å². The Bertz CT molecular complexity index is 255. The van der Waals surface area contributed by atoms with E-state index in [9.17, 15) is 0 Å². The van der Waals surface area contributed by atoms with E-state index in [2.05, 4.69) is 34.6 Å². The van der Waals surface area contributed by atoms with Gasteiger partial charge in [0.2, 0.25) is 0 Å². The summed E-state index contributed by atoms with van der Waals surface area (Å²) in [5.74, 6) is 2.92. The average molecular weight is 351 g/mol. The zero-order valence-corrected chi connectivity index (χ0v) is 17.0. The minimum atomic E-state index is -0.251. The van der Waals surface area contributed by atoms with Crippen LogP contribution in [0.5, 0.6) is 0 Å². The molecule has 1 aliphatic rings. The van der Waals surface area contributed by atoms with Crippen molar-refractivity contribution in [3.63, 3.8) is 0 Å². The van der Waals surface area contributed by atoms with Crippen molar-refractivity contribution in [2.45, 2.75) is 78.5 Å². The van der Waals surface area contributed by atoms with Crippen molar-refractivity contribution < 1.29 is 37.4 Å². The fraction of sp³-hybridized carbons (Fsp3) is 0.882. The molecule has 0 spiro atoms. The molecular formula is C17H31BOY-2. The van der Waals surface area contributed by atoms with Crippen molar-refractivity contribution in [1.82, 2.24) is 0 Å². The maximum Gasteiger partial charge on any atom is 0.0370 e. The summed E-state index contributed by atoms with van der Waals surface area (Å²) >= 11 is 0. The molecule has 0 aromatic rings. The van der Waals surface area contributed by atoms with Crippen molar-refractivity contribution in [2.24, 2.45) is 11.8 Å². The second-order valence-electron chi connectivity index (χ2n) is 7.20. The summed E-state index contributed by atoms with van der Waals surface area (Å²) in [5, 5.41) is -0.251. The van der Waals surface area contributed by atoms with Gasteiger partial charge in [0.05, 0.1) is 0 Å². The summed E-state index contributed by atoms with van der Waals surface area (Å²) in [6.45, 7) is 12.0. The largest absolute Gasteiger partial charge is 0.549 e. The van der Waals surface area contributed by atoms with Gasteiger partial charge >= 0.3 is 0 Å². The van der Waals surface area contributed by atoms with Crippen molar-refractivity contribution in [3.8, 4) is 0 Å². The first-order chi connectivity index (χ1) is 8.81. The van der Waals surface area contributed by atoms with Crippen LogP contribution in [0.3, 0.4) is 0 Å². The minimum absolute atomic E-state index is 0. The van der Waals surface area contributed by atoms with Crippen LogP contribution in [-0.4, -0.2) is 14.5 Å². The Morgan fingerprint density at radius 1 is 1.45 bits per heavy atom. The quantitative estimate of drug-likeness (QED) is 0.457. The van der Waals surface area contributed by atoms with Crippen molar-refractivity contribution in [1.29, 1.82) is 0 Å². The molecule has 3 atom stereocenters. The molecule has 3 radical (unpaired) electrons. The molecule has 1 aliphatic heterocycles. The molecule has 0 bridgehead atoms. The SMILES string of the molecule is [B]C(C)(CC(C)CCC[C-](C)C)[C-]1CC(C)CCO1.[Y]. The molecule has 1 saturated heterocycles. The molecule has 3 heteroatoms. The molecule has 1 fully saturated rings. The molecule has 20 heavy (non-hydrogen) atoms. The van der Waals surface area contributed by atoms with Crippen molar-refractivity contribution in [3.05, 3.63) is 12.0 Å². The maximum atomic E-state index is 6.52.